The summed E-state index contributed by atoms with van der Waals surface area (Å²) in [5, 5.41) is 14.9. The Balaban J connectivity index is 1.24. The van der Waals surface area contributed by atoms with Crippen LogP contribution in [0.1, 0.15) is 63.7 Å². The molecule has 1 aliphatic heterocycles. The Bertz CT molecular complexity index is 1480. The number of phenols is 1. The van der Waals surface area contributed by atoms with Crippen LogP contribution in [-0.4, -0.2) is 76.1 Å². The van der Waals surface area contributed by atoms with Gasteiger partial charge in [-0.2, -0.15) is 0 Å². The molecule has 43 heavy (non-hydrogen) atoms. The topological polar surface area (TPSA) is 95.0 Å². The minimum absolute atomic E-state index is 0.0442. The lowest BCUT2D eigenvalue weighted by Crippen LogP contribution is -2.51. The summed E-state index contributed by atoms with van der Waals surface area (Å²) in [7, 11) is 0. The van der Waals surface area contributed by atoms with E-state index in [0.717, 1.165) is 73.0 Å². The van der Waals surface area contributed by atoms with Crippen LogP contribution in [0.25, 0.3) is 22.0 Å². The van der Waals surface area contributed by atoms with E-state index in [4.69, 9.17) is 27.9 Å². The molecular weight excluding hydrogens is 587 g/mol. The van der Waals surface area contributed by atoms with Crippen LogP contribution < -0.4 is 5.32 Å². The fourth-order valence-corrected chi connectivity index (χ4v) is 6.51. The number of aromatic hydroxyl groups is 1. The van der Waals surface area contributed by atoms with Crippen molar-refractivity contribution in [2.75, 3.05) is 38.0 Å². The number of phenolic OH excluding ortho intramolecular Hbond substituents is 1. The molecule has 2 fully saturated rings. The molecule has 0 bridgehead atoms. The van der Waals surface area contributed by atoms with E-state index in [2.05, 4.69) is 15.2 Å². The first kappa shape index (κ1) is 31.4. The van der Waals surface area contributed by atoms with Crippen molar-refractivity contribution in [3.05, 3.63) is 52.1 Å². The van der Waals surface area contributed by atoms with Gasteiger partial charge in [-0.05, 0) is 94.7 Å². The fraction of sp³-hybridized carbons (Fsp3) is 0.485. The van der Waals surface area contributed by atoms with Gasteiger partial charge in [-0.15, -0.1) is 0 Å². The van der Waals surface area contributed by atoms with Gasteiger partial charge < -0.3 is 20.1 Å². The van der Waals surface area contributed by atoms with Gasteiger partial charge in [-0.1, -0.05) is 29.3 Å². The van der Waals surface area contributed by atoms with Crippen LogP contribution in [-0.2, 0) is 4.74 Å². The summed E-state index contributed by atoms with van der Waals surface area (Å²) in [6.45, 7) is 11.4. The number of aromatic nitrogens is 1. The Morgan fingerprint density at radius 3 is 2.26 bits per heavy atom. The third-order valence-corrected chi connectivity index (χ3v) is 8.91. The van der Waals surface area contributed by atoms with Crippen LogP contribution in [0.4, 0.5) is 10.5 Å². The van der Waals surface area contributed by atoms with Gasteiger partial charge in [0.05, 0.1) is 26.8 Å². The summed E-state index contributed by atoms with van der Waals surface area (Å²) in [5.41, 5.74) is 3.30. The molecule has 0 atom stereocenters. The van der Waals surface area contributed by atoms with E-state index in [9.17, 15) is 14.7 Å². The number of anilines is 1. The number of ketones is 1. The number of pyridine rings is 1. The number of carbonyl (C=O) groups is 2. The van der Waals surface area contributed by atoms with Crippen molar-refractivity contribution >= 4 is 51.7 Å². The zero-order chi connectivity index (χ0) is 30.9. The summed E-state index contributed by atoms with van der Waals surface area (Å²) in [5.74, 6) is 0.412. The zero-order valence-corrected chi connectivity index (χ0v) is 26.8. The second-order valence-corrected chi connectivity index (χ2v) is 13.6. The van der Waals surface area contributed by atoms with Crippen LogP contribution in [0.2, 0.25) is 10.0 Å². The molecule has 1 saturated carbocycles. The van der Waals surface area contributed by atoms with Crippen molar-refractivity contribution in [3.8, 4) is 16.9 Å². The van der Waals surface area contributed by atoms with Gasteiger partial charge in [0.2, 0.25) is 0 Å². The second-order valence-electron chi connectivity index (χ2n) is 12.8. The number of piperazine rings is 1. The molecule has 3 aromatic rings. The number of halogens is 2. The number of nitrogens with one attached hydrogen (secondary N) is 1. The Labute approximate surface area is 263 Å². The Kier molecular flexibility index (Phi) is 9.40. The molecule has 2 N–H and O–H groups in total. The maximum atomic E-state index is 12.7. The quantitative estimate of drug-likeness (QED) is 0.271. The third kappa shape index (κ3) is 7.54. The number of carbonyl (C=O) groups excluding carboxylic acids is 2. The molecule has 2 aliphatic rings. The SMILES string of the molecule is CC(=O)c1cnc2ccc(-c3cc(Cl)c(O)c(Cl)c3)cc2c1N[C@H]1CC[C@H](CN2CCN(C(=O)OC(C)(C)C)CC2)CC1. The second kappa shape index (κ2) is 12.9. The first-order chi connectivity index (χ1) is 20.4. The highest BCUT2D eigenvalue weighted by atomic mass is 35.5. The standard InChI is InChI=1S/C33H40Cl2N4O4/c1-20(40)26-18-36-29-10-7-22(23-16-27(34)31(41)28(35)17-23)15-25(29)30(26)37-24-8-5-21(6-9-24)19-38-11-13-39(14-12-38)32(42)43-33(2,3)4/h7,10,15-18,21,24,41H,5-6,8-9,11-14,19H2,1-4H3,(H,36,37)/t21-,24-. The molecule has 10 heteroatoms. The number of ether oxygens (including phenoxy) is 1. The number of nitrogens with zero attached hydrogens (tertiary/aromatic N) is 3. The first-order valence-electron chi connectivity index (χ1n) is 15.0. The number of hydrogen-bond donors (Lipinski definition) is 2. The number of fused-ring (bicyclic) bond motifs is 1. The van der Waals surface area contributed by atoms with E-state index in [-0.39, 0.29) is 33.7 Å². The molecule has 0 radical (unpaired) electrons. The number of rotatable bonds is 6. The van der Waals surface area contributed by atoms with Gasteiger partial charge in [0.25, 0.3) is 0 Å². The van der Waals surface area contributed by atoms with E-state index in [1.807, 2.05) is 43.9 Å². The number of amides is 1. The van der Waals surface area contributed by atoms with Crippen LogP contribution in [0.15, 0.2) is 36.5 Å². The largest absolute Gasteiger partial charge is 0.505 e. The van der Waals surface area contributed by atoms with E-state index in [1.165, 1.54) is 0 Å². The van der Waals surface area contributed by atoms with Crippen molar-refractivity contribution in [3.63, 3.8) is 0 Å². The summed E-state index contributed by atoms with van der Waals surface area (Å²) >= 11 is 12.4. The summed E-state index contributed by atoms with van der Waals surface area (Å²) in [6, 6.07) is 9.46. The van der Waals surface area contributed by atoms with Gasteiger partial charge in [0, 0.05) is 50.3 Å². The lowest BCUT2D eigenvalue weighted by molar-refractivity contribution is 0.0128. The Morgan fingerprint density at radius 1 is 1.00 bits per heavy atom. The van der Waals surface area contributed by atoms with Crippen molar-refractivity contribution in [1.82, 2.24) is 14.8 Å². The van der Waals surface area contributed by atoms with Gasteiger partial charge in [-0.3, -0.25) is 14.7 Å². The molecule has 2 aromatic carbocycles. The number of benzene rings is 2. The minimum Gasteiger partial charge on any atom is -0.505 e. The predicted molar refractivity (Wildman–Crippen MR) is 172 cm³/mol. The highest BCUT2D eigenvalue weighted by molar-refractivity contribution is 6.37. The van der Waals surface area contributed by atoms with E-state index in [1.54, 1.807) is 25.3 Å². The van der Waals surface area contributed by atoms with Crippen molar-refractivity contribution in [1.29, 1.82) is 0 Å². The monoisotopic (exact) mass is 626 g/mol. The molecule has 1 saturated heterocycles. The fourth-order valence-electron chi connectivity index (χ4n) is 6.02. The maximum Gasteiger partial charge on any atom is 0.410 e. The molecule has 230 valence electrons. The Hall–Kier alpha value is -3.07. The predicted octanol–water partition coefficient (Wildman–Crippen LogP) is 7.64. The van der Waals surface area contributed by atoms with Crippen molar-refractivity contribution in [2.45, 2.75) is 65.0 Å². The average Bonchev–Trinajstić information content (AvgIpc) is 2.96. The number of hydrogen-bond acceptors (Lipinski definition) is 7. The highest BCUT2D eigenvalue weighted by Gasteiger charge is 2.29. The molecule has 0 unspecified atom stereocenters. The third-order valence-electron chi connectivity index (χ3n) is 8.33. The molecular formula is C33H40Cl2N4O4. The molecule has 8 nitrogen and oxygen atoms in total. The summed E-state index contributed by atoms with van der Waals surface area (Å²) in [4.78, 5) is 33.9. The molecule has 1 amide bonds. The summed E-state index contributed by atoms with van der Waals surface area (Å²) in [6.07, 6.45) is 5.63. The first-order valence-corrected chi connectivity index (χ1v) is 15.7. The van der Waals surface area contributed by atoms with Crippen LogP contribution in [0.5, 0.6) is 5.75 Å². The van der Waals surface area contributed by atoms with E-state index >= 15 is 0 Å². The van der Waals surface area contributed by atoms with E-state index < -0.39 is 5.60 Å². The van der Waals surface area contributed by atoms with Crippen molar-refractivity contribution < 1.29 is 19.4 Å². The molecule has 0 spiro atoms. The zero-order valence-electron chi connectivity index (χ0n) is 25.3. The lowest BCUT2D eigenvalue weighted by Gasteiger charge is -2.38. The molecule has 5 rings (SSSR count). The smallest absolute Gasteiger partial charge is 0.410 e. The van der Waals surface area contributed by atoms with Gasteiger partial charge in [0.1, 0.15) is 5.60 Å². The van der Waals surface area contributed by atoms with Crippen LogP contribution in [0, 0.1) is 5.92 Å². The molecule has 1 aromatic heterocycles. The van der Waals surface area contributed by atoms with Crippen LogP contribution in [0.3, 0.4) is 0 Å². The highest BCUT2D eigenvalue weighted by Crippen LogP contribution is 2.39. The normalized spacial score (nSPS) is 19.8. The van der Waals surface area contributed by atoms with Gasteiger partial charge >= 0.3 is 6.09 Å². The Morgan fingerprint density at radius 2 is 1.65 bits per heavy atom. The minimum atomic E-state index is -0.480. The van der Waals surface area contributed by atoms with Crippen LogP contribution >= 0.6 is 23.2 Å². The molecule has 2 heterocycles. The maximum absolute atomic E-state index is 12.7. The summed E-state index contributed by atoms with van der Waals surface area (Å²) < 4.78 is 5.53. The van der Waals surface area contributed by atoms with E-state index in [0.29, 0.717) is 24.6 Å². The lowest BCUT2D eigenvalue weighted by atomic mass is 9.85. The number of Topliss-reactive ketones (excluding diaryl/α,β-unsaturated/α-hetero) is 1. The van der Waals surface area contributed by atoms with Gasteiger partial charge in [-0.25, -0.2) is 4.79 Å². The van der Waals surface area contributed by atoms with Gasteiger partial charge in [0.15, 0.2) is 11.5 Å². The average molecular weight is 628 g/mol. The van der Waals surface area contributed by atoms with Crippen molar-refractivity contribution in [2.24, 2.45) is 5.92 Å². The molecule has 1 aliphatic carbocycles.